The molecule has 7 heteroatoms. The van der Waals surface area contributed by atoms with Crippen molar-refractivity contribution in [1.82, 2.24) is 5.32 Å². The fourth-order valence-electron chi connectivity index (χ4n) is 2.57. The van der Waals surface area contributed by atoms with Crippen molar-refractivity contribution in [2.45, 2.75) is 52.7 Å². The van der Waals surface area contributed by atoms with Crippen molar-refractivity contribution in [3.8, 4) is 0 Å². The molecule has 0 fully saturated rings. The van der Waals surface area contributed by atoms with Crippen molar-refractivity contribution in [3.63, 3.8) is 0 Å². The number of nitrogens with one attached hydrogen (secondary N) is 2. The average Bonchev–Trinajstić information content (AvgIpc) is 2.91. The predicted octanol–water partition coefficient (Wildman–Crippen LogP) is 4.03. The van der Waals surface area contributed by atoms with E-state index in [4.69, 9.17) is 21.7 Å². The summed E-state index contributed by atoms with van der Waals surface area (Å²) in [5, 5.41) is 6.78. The van der Waals surface area contributed by atoms with Crippen LogP contribution in [0.1, 0.15) is 54.2 Å². The molecular weight excluding hydrogens is 356 g/mol. The lowest BCUT2D eigenvalue weighted by Crippen LogP contribution is -2.35. The van der Waals surface area contributed by atoms with E-state index < -0.39 is 0 Å². The molecule has 0 saturated carbocycles. The molecule has 0 saturated heterocycles. The number of carbonyl (C=O) groups is 1. The quantitative estimate of drug-likeness (QED) is 0.440. The number of rotatable bonds is 6. The number of carbonyl (C=O) groups excluding carboxylic acids is 1. The van der Waals surface area contributed by atoms with Gasteiger partial charge in [-0.3, -0.25) is 0 Å². The Balaban J connectivity index is 2.33. The molecule has 0 aliphatic carbocycles. The molecule has 1 aliphatic heterocycles. The smallest absolute Gasteiger partial charge is 0.350 e. The molecular formula is C18H26N2O3S2. The third-order valence-corrected chi connectivity index (χ3v) is 5.62. The van der Waals surface area contributed by atoms with Crippen LogP contribution in [-0.2, 0) is 22.5 Å². The van der Waals surface area contributed by atoms with Gasteiger partial charge in [0, 0.05) is 17.8 Å². The summed E-state index contributed by atoms with van der Waals surface area (Å²) in [5.74, 6) is -0.328. The molecule has 2 N–H and O–H groups in total. The average molecular weight is 383 g/mol. The Morgan fingerprint density at radius 2 is 2.20 bits per heavy atom. The number of thiophene rings is 1. The maximum Gasteiger partial charge on any atom is 0.350 e. The van der Waals surface area contributed by atoms with E-state index in [9.17, 15) is 4.79 Å². The second kappa shape index (κ2) is 8.29. The topological polar surface area (TPSA) is 59.6 Å². The van der Waals surface area contributed by atoms with Gasteiger partial charge in [-0.1, -0.05) is 19.1 Å². The van der Waals surface area contributed by atoms with Crippen LogP contribution in [0.2, 0.25) is 0 Å². The van der Waals surface area contributed by atoms with Gasteiger partial charge in [-0.2, -0.15) is 0 Å². The van der Waals surface area contributed by atoms with Crippen molar-refractivity contribution in [3.05, 3.63) is 27.5 Å². The number of fused-ring (bicyclic) bond motifs is 1. The van der Waals surface area contributed by atoms with Crippen LogP contribution in [0, 0.1) is 0 Å². The van der Waals surface area contributed by atoms with Gasteiger partial charge in [0.05, 0.1) is 24.5 Å². The lowest BCUT2D eigenvalue weighted by molar-refractivity contribution is -0.0544. The van der Waals surface area contributed by atoms with Gasteiger partial charge < -0.3 is 20.1 Å². The molecule has 1 unspecified atom stereocenters. The fourth-order valence-corrected chi connectivity index (χ4v) is 3.82. The third-order valence-electron chi connectivity index (χ3n) is 4.19. The van der Waals surface area contributed by atoms with Crippen molar-refractivity contribution >= 4 is 40.3 Å². The van der Waals surface area contributed by atoms with E-state index in [1.165, 1.54) is 11.3 Å². The number of hydrogen-bond donors (Lipinski definition) is 2. The summed E-state index contributed by atoms with van der Waals surface area (Å²) in [6.45, 7) is 13.2. The lowest BCUT2D eigenvalue weighted by Gasteiger charge is -2.33. The van der Waals surface area contributed by atoms with Gasteiger partial charge in [-0.05, 0) is 45.0 Å². The summed E-state index contributed by atoms with van der Waals surface area (Å²) in [6, 6.07) is 0. The van der Waals surface area contributed by atoms with Gasteiger partial charge in [0.15, 0.2) is 5.11 Å². The largest absolute Gasteiger partial charge is 0.462 e. The zero-order valence-electron chi connectivity index (χ0n) is 15.3. The van der Waals surface area contributed by atoms with E-state index in [0.717, 1.165) is 34.5 Å². The number of thiocarbonyl (C=S) groups is 1. The minimum atomic E-state index is -0.328. The Bertz CT molecular complexity index is 684. The molecule has 1 aliphatic rings. The fraction of sp³-hybridized carbons (Fsp3) is 0.556. The van der Waals surface area contributed by atoms with Crippen LogP contribution < -0.4 is 10.6 Å². The Morgan fingerprint density at radius 1 is 1.48 bits per heavy atom. The third kappa shape index (κ3) is 4.80. The molecule has 0 aromatic carbocycles. The minimum Gasteiger partial charge on any atom is -0.462 e. The van der Waals surface area contributed by atoms with Crippen LogP contribution in [0.3, 0.4) is 0 Å². The second-order valence-corrected chi connectivity index (χ2v) is 7.98. The zero-order chi connectivity index (χ0) is 18.6. The first kappa shape index (κ1) is 19.9. The van der Waals surface area contributed by atoms with Gasteiger partial charge in [0.2, 0.25) is 0 Å². The van der Waals surface area contributed by atoms with E-state index in [1.54, 1.807) is 6.92 Å². The van der Waals surface area contributed by atoms with Crippen molar-refractivity contribution in [2.24, 2.45) is 0 Å². The summed E-state index contributed by atoms with van der Waals surface area (Å²) in [7, 11) is 0. The Hall–Kier alpha value is -1.44. The van der Waals surface area contributed by atoms with Gasteiger partial charge >= 0.3 is 5.97 Å². The van der Waals surface area contributed by atoms with Crippen molar-refractivity contribution in [2.75, 3.05) is 18.5 Å². The number of esters is 1. The normalized spacial score (nSPS) is 19.0. The molecule has 0 spiro atoms. The van der Waals surface area contributed by atoms with E-state index in [1.807, 2.05) is 6.92 Å². The van der Waals surface area contributed by atoms with Crippen LogP contribution in [0.25, 0.3) is 0 Å². The summed E-state index contributed by atoms with van der Waals surface area (Å²) in [4.78, 5) is 14.0. The van der Waals surface area contributed by atoms with E-state index in [2.05, 4.69) is 31.1 Å². The first-order valence-corrected chi connectivity index (χ1v) is 9.67. The summed E-state index contributed by atoms with van der Waals surface area (Å²) >= 11 is 6.80. The molecule has 138 valence electrons. The highest BCUT2D eigenvalue weighted by molar-refractivity contribution is 7.80. The van der Waals surface area contributed by atoms with E-state index in [0.29, 0.717) is 29.7 Å². The van der Waals surface area contributed by atoms with Crippen molar-refractivity contribution in [1.29, 1.82) is 0 Å². The minimum absolute atomic E-state index is 0.233. The Labute approximate surface area is 158 Å². The van der Waals surface area contributed by atoms with Gasteiger partial charge in [0.25, 0.3) is 0 Å². The standard InChI is InChI=1S/C18H26N2O3S2/c1-6-18(5)8-12-13(10-23-18)25-15(16(21)22-7-2)14(12)20-17(24)19-9-11(3)4/h3,6-10H2,1-2,4-5H3,(H2,19,20,24). The maximum absolute atomic E-state index is 12.4. The molecule has 2 heterocycles. The number of hydrogen-bond acceptors (Lipinski definition) is 5. The predicted molar refractivity (Wildman–Crippen MR) is 107 cm³/mol. The maximum atomic E-state index is 12.4. The molecule has 1 aromatic rings. The van der Waals surface area contributed by atoms with Crippen LogP contribution in [0.15, 0.2) is 12.2 Å². The first-order chi connectivity index (χ1) is 11.8. The van der Waals surface area contributed by atoms with Crippen LogP contribution in [0.5, 0.6) is 0 Å². The molecule has 25 heavy (non-hydrogen) atoms. The SMILES string of the molecule is C=C(C)CNC(=S)Nc1c(C(=O)OCC)sc2c1CC(C)(CC)OC2. The molecule has 0 radical (unpaired) electrons. The number of ether oxygens (including phenoxy) is 2. The second-order valence-electron chi connectivity index (χ2n) is 6.46. The highest BCUT2D eigenvalue weighted by Gasteiger charge is 2.35. The Kier molecular flexibility index (Phi) is 6.59. The molecule has 0 bridgehead atoms. The highest BCUT2D eigenvalue weighted by Crippen LogP contribution is 2.42. The van der Waals surface area contributed by atoms with Gasteiger partial charge in [0.1, 0.15) is 4.88 Å². The summed E-state index contributed by atoms with van der Waals surface area (Å²) in [5.41, 5.74) is 2.60. The van der Waals surface area contributed by atoms with Crippen molar-refractivity contribution < 1.29 is 14.3 Å². The molecule has 5 nitrogen and oxygen atoms in total. The van der Waals surface area contributed by atoms with Crippen LogP contribution in [-0.4, -0.2) is 29.8 Å². The monoisotopic (exact) mass is 382 g/mol. The zero-order valence-corrected chi connectivity index (χ0v) is 16.9. The lowest BCUT2D eigenvalue weighted by atomic mass is 9.90. The molecule has 0 amide bonds. The van der Waals surface area contributed by atoms with E-state index >= 15 is 0 Å². The van der Waals surface area contributed by atoms with E-state index in [-0.39, 0.29) is 11.6 Å². The molecule has 1 aromatic heterocycles. The van der Waals surface area contributed by atoms with Crippen LogP contribution in [0.4, 0.5) is 5.69 Å². The van der Waals surface area contributed by atoms with Crippen LogP contribution >= 0.6 is 23.6 Å². The number of anilines is 1. The highest BCUT2D eigenvalue weighted by atomic mass is 32.1. The van der Waals surface area contributed by atoms with Gasteiger partial charge in [-0.15, -0.1) is 11.3 Å². The molecule has 2 rings (SSSR count). The summed E-state index contributed by atoms with van der Waals surface area (Å²) in [6.07, 6.45) is 1.63. The summed E-state index contributed by atoms with van der Waals surface area (Å²) < 4.78 is 11.2. The molecule has 1 atom stereocenters. The first-order valence-electron chi connectivity index (χ1n) is 8.44. The Morgan fingerprint density at radius 3 is 2.80 bits per heavy atom. The van der Waals surface area contributed by atoms with Gasteiger partial charge in [-0.25, -0.2) is 4.79 Å².